The Balaban J connectivity index is 1.10. The van der Waals surface area contributed by atoms with Crippen LogP contribution < -0.4 is 0 Å². The van der Waals surface area contributed by atoms with E-state index in [1.165, 1.54) is 87.3 Å². The highest BCUT2D eigenvalue weighted by Gasteiger charge is 2.51. The van der Waals surface area contributed by atoms with Crippen molar-refractivity contribution in [1.29, 1.82) is 0 Å². The number of pyridine rings is 1. The van der Waals surface area contributed by atoms with Crippen molar-refractivity contribution in [2.24, 2.45) is 0 Å². The van der Waals surface area contributed by atoms with Gasteiger partial charge in [0.1, 0.15) is 0 Å². The molecule has 0 saturated carbocycles. The zero-order chi connectivity index (χ0) is 38.3. The molecule has 0 amide bonds. The lowest BCUT2D eigenvalue weighted by Gasteiger charge is -2.40. The monoisotopic (exact) mass is 747 g/mol. The van der Waals surface area contributed by atoms with Gasteiger partial charge in [0.05, 0.1) is 11.1 Å². The first-order valence-corrected chi connectivity index (χ1v) is 20.3. The third kappa shape index (κ3) is 5.03. The SMILES string of the molecule is Cc1cc(-c2ccc(-c3cccc4ccccc34)cc2)nc(-c2cccc3c2Sc2ccccc2C32c3ccccc3-c3c(-c4c(C)cncc4C)cccc32)n1. The highest BCUT2D eigenvalue weighted by atomic mass is 32.2. The van der Waals surface area contributed by atoms with Crippen LogP contribution in [0.15, 0.2) is 180 Å². The van der Waals surface area contributed by atoms with E-state index in [1.807, 2.05) is 24.2 Å². The molecule has 3 heterocycles. The molecular weight excluding hydrogens is 711 g/mol. The van der Waals surface area contributed by atoms with E-state index < -0.39 is 5.41 Å². The summed E-state index contributed by atoms with van der Waals surface area (Å²) in [4.78, 5) is 17.5. The molecule has 0 N–H and O–H groups in total. The molecule has 11 rings (SSSR count). The van der Waals surface area contributed by atoms with E-state index in [-0.39, 0.29) is 0 Å². The highest BCUT2D eigenvalue weighted by molar-refractivity contribution is 7.99. The molecule has 2 aromatic heterocycles. The van der Waals surface area contributed by atoms with E-state index in [4.69, 9.17) is 9.97 Å². The fraction of sp³-hybridized carbons (Fsp3) is 0.0755. The van der Waals surface area contributed by atoms with Gasteiger partial charge in [-0.1, -0.05) is 157 Å². The van der Waals surface area contributed by atoms with Crippen LogP contribution in [0.25, 0.3) is 66.8 Å². The summed E-state index contributed by atoms with van der Waals surface area (Å²) < 4.78 is 0. The van der Waals surface area contributed by atoms with Crippen LogP contribution in [0.3, 0.4) is 0 Å². The van der Waals surface area contributed by atoms with E-state index in [1.54, 1.807) is 0 Å². The Hall–Kier alpha value is -6.62. The van der Waals surface area contributed by atoms with Gasteiger partial charge < -0.3 is 0 Å². The van der Waals surface area contributed by atoms with Crippen molar-refractivity contribution in [3.05, 3.63) is 209 Å². The van der Waals surface area contributed by atoms with Crippen LogP contribution in [-0.4, -0.2) is 15.0 Å². The Bertz CT molecular complexity index is 3070. The molecule has 1 aliphatic heterocycles. The molecule has 0 bridgehead atoms. The minimum absolute atomic E-state index is 0.534. The van der Waals surface area contributed by atoms with Gasteiger partial charge in [0.2, 0.25) is 0 Å². The molecule has 9 aromatic rings. The Kier molecular flexibility index (Phi) is 7.67. The molecule has 0 radical (unpaired) electrons. The molecular formula is C53H37N3S. The first kappa shape index (κ1) is 33.7. The molecule has 57 heavy (non-hydrogen) atoms. The number of fused-ring (bicyclic) bond motifs is 10. The molecule has 270 valence electrons. The van der Waals surface area contributed by atoms with Crippen LogP contribution in [0.1, 0.15) is 39.1 Å². The lowest BCUT2D eigenvalue weighted by atomic mass is 9.67. The van der Waals surface area contributed by atoms with Gasteiger partial charge in [-0.05, 0) is 110 Å². The molecule has 2 aliphatic rings. The fourth-order valence-corrected chi connectivity index (χ4v) is 10.9. The van der Waals surface area contributed by atoms with Crippen molar-refractivity contribution >= 4 is 22.5 Å². The molecule has 1 aliphatic carbocycles. The van der Waals surface area contributed by atoms with Crippen molar-refractivity contribution < 1.29 is 0 Å². The maximum atomic E-state index is 5.34. The largest absolute Gasteiger partial charge is 0.264 e. The molecule has 3 nitrogen and oxygen atoms in total. The van der Waals surface area contributed by atoms with E-state index >= 15 is 0 Å². The van der Waals surface area contributed by atoms with Gasteiger partial charge in [-0.3, -0.25) is 4.98 Å². The maximum absolute atomic E-state index is 5.34. The Labute approximate surface area is 337 Å². The topological polar surface area (TPSA) is 38.7 Å². The van der Waals surface area contributed by atoms with Crippen molar-refractivity contribution in [2.75, 3.05) is 0 Å². The van der Waals surface area contributed by atoms with Gasteiger partial charge in [-0.15, -0.1) is 0 Å². The number of rotatable bonds is 4. The second kappa shape index (κ2) is 13.0. The fourth-order valence-electron chi connectivity index (χ4n) is 9.62. The Morgan fingerprint density at radius 3 is 1.93 bits per heavy atom. The zero-order valence-electron chi connectivity index (χ0n) is 31.9. The second-order valence-electron chi connectivity index (χ2n) is 15.3. The third-order valence-corrected chi connectivity index (χ3v) is 13.2. The smallest absolute Gasteiger partial charge is 0.161 e. The summed E-state index contributed by atoms with van der Waals surface area (Å²) in [6.45, 7) is 6.43. The molecule has 1 atom stereocenters. The first-order valence-electron chi connectivity index (χ1n) is 19.5. The Morgan fingerprint density at radius 2 is 1.09 bits per heavy atom. The molecule has 7 aromatic carbocycles. The van der Waals surface area contributed by atoms with E-state index in [9.17, 15) is 0 Å². The van der Waals surface area contributed by atoms with Crippen molar-refractivity contribution in [1.82, 2.24) is 15.0 Å². The molecule has 1 spiro atoms. The standard InChI is InChI=1S/C53H37N3S/c1-32-30-54-31-33(2)49(32)41-18-11-22-45-50(41)40-16-6-7-20-43(40)53(45)44-21-8-9-24-48(44)57-51-42(19-12-23-46(51)53)52-55-34(3)29-47(56-52)37-27-25-36(26-28-37)39-17-10-14-35-13-4-5-15-38(35)39/h4-31H,1-3H3. The summed E-state index contributed by atoms with van der Waals surface area (Å²) >= 11 is 1.84. The van der Waals surface area contributed by atoms with Crippen LogP contribution in [0.4, 0.5) is 0 Å². The second-order valence-corrected chi connectivity index (χ2v) is 16.3. The first-order chi connectivity index (χ1) is 28.0. The Morgan fingerprint density at radius 1 is 0.474 bits per heavy atom. The van der Waals surface area contributed by atoms with Crippen LogP contribution in [0.5, 0.6) is 0 Å². The van der Waals surface area contributed by atoms with Gasteiger partial charge in [-0.25, -0.2) is 9.97 Å². The van der Waals surface area contributed by atoms with Crippen LogP contribution in [-0.2, 0) is 5.41 Å². The molecule has 4 heteroatoms. The summed E-state index contributed by atoms with van der Waals surface area (Å²) in [5, 5.41) is 2.50. The van der Waals surface area contributed by atoms with E-state index in [2.05, 4.69) is 183 Å². The van der Waals surface area contributed by atoms with Gasteiger partial charge >= 0.3 is 0 Å². The van der Waals surface area contributed by atoms with Crippen molar-refractivity contribution in [3.8, 4) is 56.0 Å². The average Bonchev–Trinajstić information content (AvgIpc) is 3.54. The van der Waals surface area contributed by atoms with Crippen molar-refractivity contribution in [3.63, 3.8) is 0 Å². The molecule has 1 unspecified atom stereocenters. The number of hydrogen-bond acceptors (Lipinski definition) is 4. The van der Waals surface area contributed by atoms with E-state index in [0.29, 0.717) is 0 Å². The lowest BCUT2D eigenvalue weighted by Crippen LogP contribution is -2.32. The summed E-state index contributed by atoms with van der Waals surface area (Å²) in [7, 11) is 0. The van der Waals surface area contributed by atoms with Crippen LogP contribution >= 0.6 is 11.8 Å². The summed E-state index contributed by atoms with van der Waals surface area (Å²) in [5.74, 6) is 0.741. The van der Waals surface area contributed by atoms with Crippen LogP contribution in [0.2, 0.25) is 0 Å². The van der Waals surface area contributed by atoms with Gasteiger partial charge in [0, 0.05) is 39.0 Å². The predicted molar refractivity (Wildman–Crippen MR) is 235 cm³/mol. The van der Waals surface area contributed by atoms with Gasteiger partial charge in [0.15, 0.2) is 5.82 Å². The van der Waals surface area contributed by atoms with Gasteiger partial charge in [-0.2, -0.15) is 0 Å². The molecule has 0 saturated heterocycles. The minimum Gasteiger partial charge on any atom is -0.264 e. The van der Waals surface area contributed by atoms with Gasteiger partial charge in [0.25, 0.3) is 0 Å². The number of aromatic nitrogens is 3. The van der Waals surface area contributed by atoms with E-state index in [0.717, 1.165) is 28.3 Å². The number of nitrogens with zero attached hydrogens (tertiary/aromatic N) is 3. The average molecular weight is 748 g/mol. The highest BCUT2D eigenvalue weighted by Crippen LogP contribution is 2.64. The van der Waals surface area contributed by atoms with Crippen molar-refractivity contribution in [2.45, 2.75) is 36.0 Å². The summed E-state index contributed by atoms with van der Waals surface area (Å²) in [6, 6.07) is 57.7. The predicted octanol–water partition coefficient (Wildman–Crippen LogP) is 13.4. The number of benzene rings is 7. The quantitative estimate of drug-likeness (QED) is 0.180. The maximum Gasteiger partial charge on any atom is 0.161 e. The zero-order valence-corrected chi connectivity index (χ0v) is 32.7. The number of aryl methyl sites for hydroxylation is 3. The molecule has 0 fully saturated rings. The normalized spacial score (nSPS) is 14.9. The summed E-state index contributed by atoms with van der Waals surface area (Å²) in [5.41, 5.74) is 18.5. The minimum atomic E-state index is -0.534. The summed E-state index contributed by atoms with van der Waals surface area (Å²) in [6.07, 6.45) is 3.98. The lowest BCUT2D eigenvalue weighted by molar-refractivity contribution is 0.723. The van der Waals surface area contributed by atoms with Crippen LogP contribution in [0, 0.1) is 20.8 Å². The third-order valence-electron chi connectivity index (χ3n) is 12.0. The number of hydrogen-bond donors (Lipinski definition) is 0.